The summed E-state index contributed by atoms with van der Waals surface area (Å²) in [5.74, 6) is 0.280. The molecule has 0 spiro atoms. The highest BCUT2D eigenvalue weighted by atomic mass is 32.2. The summed E-state index contributed by atoms with van der Waals surface area (Å²) >= 11 is 1.33. The number of halogens is 1. The lowest BCUT2D eigenvalue weighted by Crippen LogP contribution is -2.35. The summed E-state index contributed by atoms with van der Waals surface area (Å²) in [4.78, 5) is 14.4. The highest BCUT2D eigenvalue weighted by Gasteiger charge is 2.17. The number of benzene rings is 2. The molecule has 3 rings (SSSR count). The van der Waals surface area contributed by atoms with E-state index in [2.05, 4.69) is 41.5 Å². The molecule has 0 aliphatic heterocycles. The summed E-state index contributed by atoms with van der Waals surface area (Å²) in [6.07, 6.45) is 1.65. The van der Waals surface area contributed by atoms with E-state index < -0.39 is 0 Å². The summed E-state index contributed by atoms with van der Waals surface area (Å²) in [5, 5.41) is 11.7. The minimum Gasteiger partial charge on any atom is -0.353 e. The maximum absolute atomic E-state index is 13.6. The fourth-order valence-electron chi connectivity index (χ4n) is 3.22. The highest BCUT2D eigenvalue weighted by molar-refractivity contribution is 7.99. The lowest BCUT2D eigenvalue weighted by molar-refractivity contribution is -0.118. The number of carbonyl (C=O) groups is 1. The van der Waals surface area contributed by atoms with Gasteiger partial charge in [-0.2, -0.15) is 0 Å². The predicted molar refractivity (Wildman–Crippen MR) is 122 cm³/mol. The first kappa shape index (κ1) is 23.0. The SMILES string of the molecule is CC(C)c1ccc(-n2cnnc2SCC(=O)NCC(c2cccc(F)c2)N(C)C)cc1. The predicted octanol–water partition coefficient (Wildman–Crippen LogP) is 4.04. The molecule has 0 saturated carbocycles. The number of hydrogen-bond donors (Lipinski definition) is 1. The first-order valence-corrected chi connectivity index (χ1v) is 11.2. The van der Waals surface area contributed by atoms with Crippen molar-refractivity contribution in [2.24, 2.45) is 0 Å². The minimum atomic E-state index is -0.285. The van der Waals surface area contributed by atoms with Crippen LogP contribution in [-0.4, -0.2) is 52.0 Å². The molecule has 1 atom stereocenters. The molecule has 1 aromatic heterocycles. The van der Waals surface area contributed by atoms with E-state index in [1.165, 1.54) is 29.5 Å². The van der Waals surface area contributed by atoms with Crippen LogP contribution in [0.1, 0.15) is 36.9 Å². The Kier molecular flexibility index (Phi) is 7.81. The van der Waals surface area contributed by atoms with Crippen LogP contribution < -0.4 is 5.32 Å². The molecule has 0 aliphatic rings. The van der Waals surface area contributed by atoms with Gasteiger partial charge in [0.25, 0.3) is 0 Å². The quantitative estimate of drug-likeness (QED) is 0.508. The molecule has 2 aromatic carbocycles. The summed E-state index contributed by atoms with van der Waals surface area (Å²) in [6.45, 7) is 4.70. The van der Waals surface area contributed by atoms with Crippen LogP contribution in [0.15, 0.2) is 60.0 Å². The third-order valence-electron chi connectivity index (χ3n) is 5.04. The van der Waals surface area contributed by atoms with Crippen molar-refractivity contribution >= 4 is 17.7 Å². The Morgan fingerprint density at radius 1 is 1.16 bits per heavy atom. The van der Waals surface area contributed by atoms with Gasteiger partial charge in [0.05, 0.1) is 11.8 Å². The van der Waals surface area contributed by atoms with Crippen LogP contribution >= 0.6 is 11.8 Å². The van der Waals surface area contributed by atoms with Gasteiger partial charge in [0.15, 0.2) is 5.16 Å². The molecule has 1 amide bonds. The Labute approximate surface area is 186 Å². The van der Waals surface area contributed by atoms with Crippen LogP contribution in [0.3, 0.4) is 0 Å². The van der Waals surface area contributed by atoms with E-state index in [1.807, 2.05) is 41.8 Å². The molecule has 8 heteroatoms. The number of hydrogen-bond acceptors (Lipinski definition) is 5. The molecule has 0 bridgehead atoms. The largest absolute Gasteiger partial charge is 0.353 e. The molecule has 0 radical (unpaired) electrons. The van der Waals surface area contributed by atoms with E-state index in [9.17, 15) is 9.18 Å². The lowest BCUT2D eigenvalue weighted by atomic mass is 10.0. The number of aromatic nitrogens is 3. The van der Waals surface area contributed by atoms with Crippen LogP contribution in [0.25, 0.3) is 5.69 Å². The molecule has 1 heterocycles. The zero-order valence-corrected chi connectivity index (χ0v) is 19.1. The normalized spacial score (nSPS) is 12.4. The van der Waals surface area contributed by atoms with Crippen LogP contribution in [0.5, 0.6) is 0 Å². The van der Waals surface area contributed by atoms with Crippen molar-refractivity contribution in [1.29, 1.82) is 0 Å². The van der Waals surface area contributed by atoms with Gasteiger partial charge in [-0.05, 0) is 55.4 Å². The summed E-state index contributed by atoms with van der Waals surface area (Å²) in [5.41, 5.74) is 3.04. The summed E-state index contributed by atoms with van der Waals surface area (Å²) < 4.78 is 15.5. The number of thioether (sulfide) groups is 1. The molecule has 164 valence electrons. The molecule has 1 N–H and O–H groups in total. The molecule has 1 unspecified atom stereocenters. The van der Waals surface area contributed by atoms with Crippen LogP contribution in [0.2, 0.25) is 0 Å². The smallest absolute Gasteiger partial charge is 0.230 e. The lowest BCUT2D eigenvalue weighted by Gasteiger charge is -2.25. The Bertz CT molecular complexity index is 1000. The Hall–Kier alpha value is -2.71. The molecular weight excluding hydrogens is 413 g/mol. The maximum atomic E-state index is 13.6. The van der Waals surface area contributed by atoms with Gasteiger partial charge in [-0.15, -0.1) is 10.2 Å². The van der Waals surface area contributed by atoms with Crippen LogP contribution in [0, 0.1) is 5.82 Å². The first-order chi connectivity index (χ1) is 14.8. The monoisotopic (exact) mass is 441 g/mol. The fraction of sp³-hybridized carbons (Fsp3) is 0.348. The van der Waals surface area contributed by atoms with E-state index in [-0.39, 0.29) is 23.5 Å². The van der Waals surface area contributed by atoms with Gasteiger partial charge < -0.3 is 10.2 Å². The number of rotatable bonds is 9. The van der Waals surface area contributed by atoms with E-state index >= 15 is 0 Å². The van der Waals surface area contributed by atoms with Gasteiger partial charge in [0.1, 0.15) is 12.1 Å². The van der Waals surface area contributed by atoms with E-state index in [0.717, 1.165) is 11.3 Å². The van der Waals surface area contributed by atoms with Crippen molar-refractivity contribution in [3.8, 4) is 5.69 Å². The van der Waals surface area contributed by atoms with Gasteiger partial charge in [-0.1, -0.05) is 49.9 Å². The van der Waals surface area contributed by atoms with Crippen molar-refractivity contribution < 1.29 is 9.18 Å². The number of nitrogens with zero attached hydrogens (tertiary/aromatic N) is 4. The van der Waals surface area contributed by atoms with Crippen molar-refractivity contribution in [2.45, 2.75) is 31.0 Å². The molecule has 3 aromatic rings. The number of likely N-dealkylation sites (N-methyl/N-ethyl adjacent to an activating group) is 1. The van der Waals surface area contributed by atoms with Gasteiger partial charge in [-0.25, -0.2) is 4.39 Å². The van der Waals surface area contributed by atoms with Gasteiger partial charge >= 0.3 is 0 Å². The average molecular weight is 442 g/mol. The molecule has 0 fully saturated rings. The maximum Gasteiger partial charge on any atom is 0.230 e. The van der Waals surface area contributed by atoms with Crippen molar-refractivity contribution in [3.05, 3.63) is 71.8 Å². The molecule has 6 nitrogen and oxygen atoms in total. The minimum absolute atomic E-state index is 0.113. The highest BCUT2D eigenvalue weighted by Crippen LogP contribution is 2.22. The third kappa shape index (κ3) is 6.15. The van der Waals surface area contributed by atoms with Crippen molar-refractivity contribution in [1.82, 2.24) is 25.0 Å². The third-order valence-corrected chi connectivity index (χ3v) is 5.98. The van der Waals surface area contributed by atoms with E-state index in [4.69, 9.17) is 0 Å². The summed E-state index contributed by atoms with van der Waals surface area (Å²) in [6, 6.07) is 14.6. The molecule has 31 heavy (non-hydrogen) atoms. The second kappa shape index (κ2) is 10.5. The van der Waals surface area contributed by atoms with Gasteiger partial charge in [0, 0.05) is 12.2 Å². The van der Waals surface area contributed by atoms with Crippen LogP contribution in [-0.2, 0) is 4.79 Å². The molecule has 0 aliphatic carbocycles. The number of carbonyl (C=O) groups excluding carboxylic acids is 1. The fourth-order valence-corrected chi connectivity index (χ4v) is 3.98. The van der Waals surface area contributed by atoms with Crippen molar-refractivity contribution in [2.75, 3.05) is 26.4 Å². The average Bonchev–Trinajstić information content (AvgIpc) is 3.21. The van der Waals surface area contributed by atoms with E-state index in [1.54, 1.807) is 12.4 Å². The van der Waals surface area contributed by atoms with Crippen LogP contribution in [0.4, 0.5) is 4.39 Å². The number of amides is 1. The summed E-state index contributed by atoms with van der Waals surface area (Å²) in [7, 11) is 3.81. The zero-order chi connectivity index (χ0) is 22.4. The van der Waals surface area contributed by atoms with Crippen molar-refractivity contribution in [3.63, 3.8) is 0 Å². The van der Waals surface area contributed by atoms with E-state index in [0.29, 0.717) is 17.6 Å². The number of nitrogens with one attached hydrogen (secondary N) is 1. The first-order valence-electron chi connectivity index (χ1n) is 10.2. The Morgan fingerprint density at radius 2 is 1.90 bits per heavy atom. The zero-order valence-electron chi connectivity index (χ0n) is 18.2. The molecule has 0 saturated heterocycles. The Balaban J connectivity index is 1.58. The van der Waals surface area contributed by atoms with Gasteiger partial charge in [0.2, 0.25) is 5.91 Å². The Morgan fingerprint density at radius 3 is 2.55 bits per heavy atom. The second-order valence-corrected chi connectivity index (χ2v) is 8.80. The standard InChI is InChI=1S/C23H28FN5OS/c1-16(2)17-8-10-20(11-9-17)29-15-26-27-23(29)31-14-22(30)25-13-21(28(3)4)18-6-5-7-19(24)12-18/h5-12,15-16,21H,13-14H2,1-4H3,(H,25,30). The topological polar surface area (TPSA) is 63.1 Å². The second-order valence-electron chi connectivity index (χ2n) is 7.86. The van der Waals surface area contributed by atoms with Gasteiger partial charge in [-0.3, -0.25) is 9.36 Å². The molecular formula is C23H28FN5OS.